The SMILES string of the molecule is CCN1C(=O)CC(=O)Nc2cc(Cl)ccc21. The Balaban J connectivity index is 2.53. The number of rotatable bonds is 1. The van der Waals surface area contributed by atoms with Crippen molar-refractivity contribution in [3.8, 4) is 0 Å². The number of hydrogen-bond donors (Lipinski definition) is 1. The van der Waals surface area contributed by atoms with Gasteiger partial charge >= 0.3 is 0 Å². The molecule has 1 aliphatic heterocycles. The lowest BCUT2D eigenvalue weighted by atomic mass is 10.2. The van der Waals surface area contributed by atoms with Gasteiger partial charge < -0.3 is 10.2 Å². The minimum atomic E-state index is -0.301. The zero-order chi connectivity index (χ0) is 11.7. The Bertz CT molecular complexity index is 459. The molecule has 0 fully saturated rings. The van der Waals surface area contributed by atoms with Crippen LogP contribution in [-0.2, 0) is 9.59 Å². The number of hydrogen-bond acceptors (Lipinski definition) is 2. The summed E-state index contributed by atoms with van der Waals surface area (Å²) in [4.78, 5) is 24.7. The van der Waals surface area contributed by atoms with E-state index in [1.54, 1.807) is 23.1 Å². The minimum Gasteiger partial charge on any atom is -0.324 e. The highest BCUT2D eigenvalue weighted by Crippen LogP contribution is 2.31. The lowest BCUT2D eigenvalue weighted by molar-refractivity contribution is -0.124. The fourth-order valence-corrected chi connectivity index (χ4v) is 1.92. The second kappa shape index (κ2) is 4.14. The molecule has 0 aromatic heterocycles. The quantitative estimate of drug-likeness (QED) is 0.761. The van der Waals surface area contributed by atoms with Crippen molar-refractivity contribution in [2.75, 3.05) is 16.8 Å². The second-order valence-corrected chi connectivity index (χ2v) is 3.96. The standard InChI is InChI=1S/C11H11ClN2O2/c1-2-14-9-4-3-7(12)5-8(9)13-10(15)6-11(14)16/h3-5H,2,6H2,1H3,(H,13,15). The summed E-state index contributed by atoms with van der Waals surface area (Å²) in [6.07, 6.45) is -0.125. The summed E-state index contributed by atoms with van der Waals surface area (Å²) in [6.45, 7) is 2.40. The molecule has 84 valence electrons. The fraction of sp³-hybridized carbons (Fsp3) is 0.273. The highest BCUT2D eigenvalue weighted by atomic mass is 35.5. The van der Waals surface area contributed by atoms with E-state index >= 15 is 0 Å². The van der Waals surface area contributed by atoms with Crippen LogP contribution >= 0.6 is 11.6 Å². The van der Waals surface area contributed by atoms with E-state index in [-0.39, 0.29) is 18.2 Å². The molecular formula is C11H11ClN2O2. The first-order chi connectivity index (χ1) is 7.61. The first-order valence-corrected chi connectivity index (χ1v) is 5.39. The van der Waals surface area contributed by atoms with Crippen LogP contribution in [0.3, 0.4) is 0 Å². The Labute approximate surface area is 98.2 Å². The van der Waals surface area contributed by atoms with Crippen molar-refractivity contribution >= 4 is 34.8 Å². The summed E-state index contributed by atoms with van der Waals surface area (Å²) in [5, 5.41) is 3.20. The van der Waals surface area contributed by atoms with Crippen molar-refractivity contribution < 1.29 is 9.59 Å². The Hall–Kier alpha value is -1.55. The smallest absolute Gasteiger partial charge is 0.236 e. The zero-order valence-electron chi connectivity index (χ0n) is 8.79. The van der Waals surface area contributed by atoms with E-state index in [0.29, 0.717) is 22.9 Å². The zero-order valence-corrected chi connectivity index (χ0v) is 9.54. The van der Waals surface area contributed by atoms with Gasteiger partial charge in [0.15, 0.2) is 0 Å². The van der Waals surface area contributed by atoms with E-state index in [0.717, 1.165) is 0 Å². The van der Waals surface area contributed by atoms with Crippen LogP contribution in [0.4, 0.5) is 11.4 Å². The van der Waals surface area contributed by atoms with Gasteiger partial charge in [-0.1, -0.05) is 11.6 Å². The second-order valence-electron chi connectivity index (χ2n) is 3.52. The maximum atomic E-state index is 11.7. The molecule has 16 heavy (non-hydrogen) atoms. The molecule has 0 spiro atoms. The molecule has 2 rings (SSSR count). The van der Waals surface area contributed by atoms with Gasteiger partial charge in [-0.2, -0.15) is 0 Å². The molecule has 0 unspecified atom stereocenters. The van der Waals surface area contributed by atoms with E-state index in [2.05, 4.69) is 5.32 Å². The Morgan fingerprint density at radius 2 is 2.19 bits per heavy atom. The van der Waals surface area contributed by atoms with Crippen molar-refractivity contribution in [3.63, 3.8) is 0 Å². The molecule has 5 heteroatoms. The topological polar surface area (TPSA) is 49.4 Å². The first-order valence-electron chi connectivity index (χ1n) is 5.01. The molecule has 2 amide bonds. The number of nitrogens with one attached hydrogen (secondary N) is 1. The lowest BCUT2D eigenvalue weighted by Gasteiger charge is -2.20. The molecule has 0 aliphatic carbocycles. The van der Waals surface area contributed by atoms with Crippen LogP contribution < -0.4 is 10.2 Å². The van der Waals surface area contributed by atoms with Crippen LogP contribution in [0.25, 0.3) is 0 Å². The van der Waals surface area contributed by atoms with E-state index in [1.165, 1.54) is 0 Å². The predicted octanol–water partition coefficient (Wildman–Crippen LogP) is 2.04. The molecule has 1 N–H and O–H groups in total. The predicted molar refractivity (Wildman–Crippen MR) is 62.7 cm³/mol. The summed E-state index contributed by atoms with van der Waals surface area (Å²) in [6, 6.07) is 5.09. The number of carbonyl (C=O) groups excluding carboxylic acids is 2. The van der Waals surface area contributed by atoms with Gasteiger partial charge in [0.2, 0.25) is 11.8 Å². The number of anilines is 2. The van der Waals surface area contributed by atoms with E-state index < -0.39 is 0 Å². The maximum absolute atomic E-state index is 11.7. The van der Waals surface area contributed by atoms with Gasteiger partial charge in [-0.05, 0) is 25.1 Å². The molecule has 1 aliphatic rings. The lowest BCUT2D eigenvalue weighted by Crippen LogP contribution is -2.30. The van der Waals surface area contributed by atoms with Gasteiger partial charge in [0.25, 0.3) is 0 Å². The summed E-state index contributed by atoms with van der Waals surface area (Å²) >= 11 is 5.85. The van der Waals surface area contributed by atoms with Crippen LogP contribution in [-0.4, -0.2) is 18.4 Å². The van der Waals surface area contributed by atoms with Crippen molar-refractivity contribution in [2.45, 2.75) is 13.3 Å². The van der Waals surface area contributed by atoms with E-state index in [1.807, 2.05) is 6.92 Å². The molecule has 1 heterocycles. The van der Waals surface area contributed by atoms with Crippen LogP contribution in [0, 0.1) is 0 Å². The van der Waals surface area contributed by atoms with Crippen LogP contribution in [0.15, 0.2) is 18.2 Å². The van der Waals surface area contributed by atoms with Gasteiger partial charge in [-0.25, -0.2) is 0 Å². The first kappa shape index (κ1) is 11.0. The number of nitrogens with zero attached hydrogens (tertiary/aromatic N) is 1. The molecule has 1 aromatic carbocycles. The molecule has 0 radical (unpaired) electrons. The number of benzene rings is 1. The number of amides is 2. The van der Waals surface area contributed by atoms with Gasteiger partial charge in [0, 0.05) is 11.6 Å². The fourth-order valence-electron chi connectivity index (χ4n) is 1.75. The van der Waals surface area contributed by atoms with Crippen molar-refractivity contribution in [1.29, 1.82) is 0 Å². The van der Waals surface area contributed by atoms with E-state index in [4.69, 9.17) is 11.6 Å². The molecule has 4 nitrogen and oxygen atoms in total. The third-order valence-corrected chi connectivity index (χ3v) is 2.69. The van der Waals surface area contributed by atoms with Gasteiger partial charge in [-0.15, -0.1) is 0 Å². The molecule has 0 atom stereocenters. The summed E-state index contributed by atoms with van der Waals surface area (Å²) < 4.78 is 0. The summed E-state index contributed by atoms with van der Waals surface area (Å²) in [5.41, 5.74) is 1.29. The third-order valence-electron chi connectivity index (χ3n) is 2.45. The van der Waals surface area contributed by atoms with Crippen molar-refractivity contribution in [1.82, 2.24) is 0 Å². The highest BCUT2D eigenvalue weighted by molar-refractivity contribution is 6.31. The summed E-state index contributed by atoms with van der Waals surface area (Å²) in [5.74, 6) is -0.495. The number of halogens is 1. The Morgan fingerprint density at radius 3 is 2.88 bits per heavy atom. The molecule has 0 saturated heterocycles. The van der Waals surface area contributed by atoms with Gasteiger partial charge in [0.05, 0.1) is 11.4 Å². The largest absolute Gasteiger partial charge is 0.324 e. The van der Waals surface area contributed by atoms with Crippen molar-refractivity contribution in [2.24, 2.45) is 0 Å². The minimum absolute atomic E-state index is 0.125. The average molecular weight is 239 g/mol. The third kappa shape index (κ3) is 1.88. The van der Waals surface area contributed by atoms with Gasteiger partial charge in [-0.3, -0.25) is 9.59 Å². The number of fused-ring (bicyclic) bond motifs is 1. The highest BCUT2D eigenvalue weighted by Gasteiger charge is 2.24. The normalized spacial score (nSPS) is 15.5. The summed E-state index contributed by atoms with van der Waals surface area (Å²) in [7, 11) is 0. The van der Waals surface area contributed by atoms with Crippen LogP contribution in [0.2, 0.25) is 5.02 Å². The number of carbonyl (C=O) groups is 2. The monoisotopic (exact) mass is 238 g/mol. The van der Waals surface area contributed by atoms with Crippen LogP contribution in [0.1, 0.15) is 13.3 Å². The molecule has 0 bridgehead atoms. The molecule has 1 aromatic rings. The Morgan fingerprint density at radius 1 is 1.44 bits per heavy atom. The van der Waals surface area contributed by atoms with Crippen molar-refractivity contribution in [3.05, 3.63) is 23.2 Å². The van der Waals surface area contributed by atoms with Gasteiger partial charge in [0.1, 0.15) is 6.42 Å². The maximum Gasteiger partial charge on any atom is 0.236 e. The van der Waals surface area contributed by atoms with E-state index in [9.17, 15) is 9.59 Å². The average Bonchev–Trinajstić information content (AvgIpc) is 2.32. The van der Waals surface area contributed by atoms with Crippen LogP contribution in [0.5, 0.6) is 0 Å². The Kier molecular flexibility index (Phi) is 2.83. The molecule has 0 saturated carbocycles. The molecular weight excluding hydrogens is 228 g/mol.